The van der Waals surface area contributed by atoms with Gasteiger partial charge in [-0.15, -0.1) is 0 Å². The van der Waals surface area contributed by atoms with Crippen LogP contribution in [0.15, 0.2) is 0 Å². The van der Waals surface area contributed by atoms with Crippen molar-refractivity contribution >= 4 is 10.0 Å². The average molecular weight is 278 g/mol. The summed E-state index contributed by atoms with van der Waals surface area (Å²) in [6.07, 6.45) is 2.76. The summed E-state index contributed by atoms with van der Waals surface area (Å²) in [5.41, 5.74) is 0. The number of nitrogens with one attached hydrogen (secondary N) is 2. The molecule has 2 N–H and O–H groups in total. The third-order valence-corrected chi connectivity index (χ3v) is 4.31. The molecule has 0 aromatic heterocycles. The van der Waals surface area contributed by atoms with E-state index in [2.05, 4.69) is 23.9 Å². The second kappa shape index (κ2) is 8.09. The Balaban J connectivity index is 2.06. The topological polar surface area (TPSA) is 67.4 Å². The first kappa shape index (κ1) is 15.9. The molecule has 1 fully saturated rings. The molecular formula is C12H26N2O3S. The molecule has 1 rings (SSSR count). The van der Waals surface area contributed by atoms with Crippen molar-refractivity contribution in [3.8, 4) is 0 Å². The minimum absolute atomic E-state index is 0.125. The van der Waals surface area contributed by atoms with E-state index >= 15 is 0 Å². The maximum Gasteiger partial charge on any atom is 0.213 e. The number of sulfonamides is 1. The van der Waals surface area contributed by atoms with Gasteiger partial charge in [-0.1, -0.05) is 13.8 Å². The van der Waals surface area contributed by atoms with Crippen molar-refractivity contribution in [1.82, 2.24) is 10.0 Å². The van der Waals surface area contributed by atoms with E-state index < -0.39 is 10.0 Å². The molecule has 0 amide bonds. The van der Waals surface area contributed by atoms with Crippen molar-refractivity contribution in [2.45, 2.75) is 39.2 Å². The first-order chi connectivity index (χ1) is 8.49. The molecule has 1 saturated heterocycles. The van der Waals surface area contributed by atoms with Gasteiger partial charge in [-0.3, -0.25) is 0 Å². The van der Waals surface area contributed by atoms with Gasteiger partial charge in [0, 0.05) is 25.8 Å². The van der Waals surface area contributed by atoms with E-state index in [1.807, 2.05) is 0 Å². The smallest absolute Gasteiger partial charge is 0.213 e. The third-order valence-electron chi connectivity index (χ3n) is 2.82. The van der Waals surface area contributed by atoms with Crippen molar-refractivity contribution in [3.05, 3.63) is 0 Å². The lowest BCUT2D eigenvalue weighted by Crippen LogP contribution is -2.37. The highest BCUT2D eigenvalue weighted by Crippen LogP contribution is 2.06. The lowest BCUT2D eigenvalue weighted by atomic mass is 10.2. The Morgan fingerprint density at radius 3 is 2.83 bits per heavy atom. The number of hydrogen-bond acceptors (Lipinski definition) is 4. The van der Waals surface area contributed by atoms with E-state index in [0.29, 0.717) is 19.1 Å². The molecule has 0 radical (unpaired) electrons. The van der Waals surface area contributed by atoms with Crippen LogP contribution in [0.25, 0.3) is 0 Å². The van der Waals surface area contributed by atoms with Crippen LogP contribution in [0.5, 0.6) is 0 Å². The molecule has 5 nitrogen and oxygen atoms in total. The highest BCUT2D eigenvalue weighted by Gasteiger charge is 2.21. The van der Waals surface area contributed by atoms with Crippen LogP contribution < -0.4 is 10.0 Å². The fourth-order valence-electron chi connectivity index (χ4n) is 1.94. The van der Waals surface area contributed by atoms with Gasteiger partial charge in [-0.05, 0) is 31.7 Å². The molecule has 0 aromatic carbocycles. The lowest BCUT2D eigenvalue weighted by molar-refractivity contribution is 0.108. The van der Waals surface area contributed by atoms with Gasteiger partial charge < -0.3 is 10.1 Å². The normalized spacial score (nSPS) is 20.7. The third kappa shape index (κ3) is 7.31. The number of rotatable bonds is 9. The zero-order chi connectivity index (χ0) is 13.4. The molecule has 0 bridgehead atoms. The van der Waals surface area contributed by atoms with E-state index in [4.69, 9.17) is 4.74 Å². The van der Waals surface area contributed by atoms with Gasteiger partial charge >= 0.3 is 0 Å². The van der Waals surface area contributed by atoms with Crippen LogP contribution >= 0.6 is 0 Å². The quantitative estimate of drug-likeness (QED) is 0.610. The maximum atomic E-state index is 11.7. The van der Waals surface area contributed by atoms with Gasteiger partial charge in [0.1, 0.15) is 0 Å². The monoisotopic (exact) mass is 278 g/mol. The molecule has 1 unspecified atom stereocenters. The Morgan fingerprint density at radius 1 is 1.44 bits per heavy atom. The maximum absolute atomic E-state index is 11.7. The summed E-state index contributed by atoms with van der Waals surface area (Å²) in [5.74, 6) is 0.718. The molecule has 1 atom stereocenters. The largest absolute Gasteiger partial charge is 0.381 e. The fraction of sp³-hybridized carbons (Fsp3) is 1.00. The predicted molar refractivity (Wildman–Crippen MR) is 73.1 cm³/mol. The van der Waals surface area contributed by atoms with E-state index in [-0.39, 0.29) is 11.8 Å². The number of hydrogen-bond donors (Lipinski definition) is 2. The van der Waals surface area contributed by atoms with Gasteiger partial charge in [0.05, 0.1) is 5.75 Å². The molecule has 0 aliphatic carbocycles. The Bertz CT molecular complexity index is 311. The van der Waals surface area contributed by atoms with Gasteiger partial charge in [0.2, 0.25) is 10.0 Å². The fourth-order valence-corrected chi connectivity index (χ4v) is 3.33. The van der Waals surface area contributed by atoms with Crippen LogP contribution in [0.2, 0.25) is 0 Å². The van der Waals surface area contributed by atoms with Gasteiger partial charge in [0.15, 0.2) is 0 Å². The molecule has 18 heavy (non-hydrogen) atoms. The molecular weight excluding hydrogens is 252 g/mol. The molecule has 0 saturated carbocycles. The minimum atomic E-state index is -3.14. The van der Waals surface area contributed by atoms with E-state index in [1.165, 1.54) is 0 Å². The molecule has 1 aliphatic heterocycles. The van der Waals surface area contributed by atoms with Crippen LogP contribution in [0.4, 0.5) is 0 Å². The van der Waals surface area contributed by atoms with Gasteiger partial charge in [-0.25, -0.2) is 13.1 Å². The molecule has 1 aliphatic rings. The predicted octanol–water partition coefficient (Wildman–Crippen LogP) is 0.721. The first-order valence-electron chi connectivity index (χ1n) is 6.78. The summed E-state index contributed by atoms with van der Waals surface area (Å²) in [5, 5.41) is 3.19. The molecule has 0 aromatic rings. The summed E-state index contributed by atoms with van der Waals surface area (Å²) in [7, 11) is -3.14. The molecule has 1 heterocycles. The van der Waals surface area contributed by atoms with Crippen LogP contribution in [0.1, 0.15) is 33.1 Å². The molecule has 108 valence electrons. The van der Waals surface area contributed by atoms with Crippen molar-refractivity contribution in [3.63, 3.8) is 0 Å². The van der Waals surface area contributed by atoms with Crippen LogP contribution in [-0.2, 0) is 14.8 Å². The van der Waals surface area contributed by atoms with Gasteiger partial charge in [0.25, 0.3) is 0 Å². The summed E-state index contributed by atoms with van der Waals surface area (Å²) < 4.78 is 31.5. The standard InChI is InChI=1S/C12H26N2O3S/c1-11(2)9-17-8-4-7-14-18(15,16)10-12-5-3-6-13-12/h11-14H,3-10H2,1-2H3. The summed E-state index contributed by atoms with van der Waals surface area (Å²) in [6, 6.07) is 0.125. The SMILES string of the molecule is CC(C)COCCCNS(=O)(=O)CC1CCCN1. The highest BCUT2D eigenvalue weighted by atomic mass is 32.2. The zero-order valence-electron chi connectivity index (χ0n) is 11.4. The van der Waals surface area contributed by atoms with E-state index in [0.717, 1.165) is 32.4 Å². The van der Waals surface area contributed by atoms with Crippen molar-refractivity contribution in [2.24, 2.45) is 5.92 Å². The van der Waals surface area contributed by atoms with Gasteiger partial charge in [-0.2, -0.15) is 0 Å². The first-order valence-corrected chi connectivity index (χ1v) is 8.43. The average Bonchev–Trinajstić information content (AvgIpc) is 2.74. The minimum Gasteiger partial charge on any atom is -0.381 e. The van der Waals surface area contributed by atoms with Crippen molar-refractivity contribution < 1.29 is 13.2 Å². The van der Waals surface area contributed by atoms with Crippen LogP contribution in [0, 0.1) is 5.92 Å². The Hall–Kier alpha value is -0.170. The molecule has 0 spiro atoms. The zero-order valence-corrected chi connectivity index (χ0v) is 12.3. The van der Waals surface area contributed by atoms with E-state index in [1.54, 1.807) is 0 Å². The van der Waals surface area contributed by atoms with Crippen molar-refractivity contribution in [1.29, 1.82) is 0 Å². The molecule has 6 heteroatoms. The second-order valence-corrected chi connectivity index (χ2v) is 7.14. The summed E-state index contributed by atoms with van der Waals surface area (Å²) in [6.45, 7) is 6.94. The Kier molecular flexibility index (Phi) is 7.14. The Morgan fingerprint density at radius 2 is 2.22 bits per heavy atom. The Labute approximate surface area is 111 Å². The van der Waals surface area contributed by atoms with Crippen LogP contribution in [-0.4, -0.2) is 46.5 Å². The van der Waals surface area contributed by atoms with E-state index in [9.17, 15) is 8.42 Å². The number of ether oxygens (including phenoxy) is 1. The highest BCUT2D eigenvalue weighted by molar-refractivity contribution is 7.89. The summed E-state index contributed by atoms with van der Waals surface area (Å²) >= 11 is 0. The summed E-state index contributed by atoms with van der Waals surface area (Å²) in [4.78, 5) is 0. The second-order valence-electron chi connectivity index (χ2n) is 5.29. The lowest BCUT2D eigenvalue weighted by Gasteiger charge is -2.12. The van der Waals surface area contributed by atoms with Crippen LogP contribution in [0.3, 0.4) is 0 Å². The van der Waals surface area contributed by atoms with Crippen molar-refractivity contribution in [2.75, 3.05) is 32.1 Å².